The van der Waals surface area contributed by atoms with Crippen LogP contribution in [0.4, 0.5) is 5.82 Å². The summed E-state index contributed by atoms with van der Waals surface area (Å²) in [6, 6.07) is 16.1. The third-order valence-electron chi connectivity index (χ3n) is 4.14. The van der Waals surface area contributed by atoms with E-state index in [-0.39, 0.29) is 36.4 Å². The molecule has 0 radical (unpaired) electrons. The zero-order chi connectivity index (χ0) is 22.1. The lowest BCUT2D eigenvalue weighted by molar-refractivity contribution is 0.192. The maximum atomic E-state index is 12.7. The van der Waals surface area contributed by atoms with Crippen LogP contribution in [0.2, 0.25) is 0 Å². The Morgan fingerprint density at radius 3 is 2.42 bits per heavy atom. The summed E-state index contributed by atoms with van der Waals surface area (Å²) in [6.45, 7) is -0.310. The smallest absolute Gasteiger partial charge is 0.263 e. The summed E-state index contributed by atoms with van der Waals surface area (Å²) in [5.41, 5.74) is 0.896. The molecule has 3 rings (SSSR count). The predicted octanol–water partition coefficient (Wildman–Crippen LogP) is 2.63. The van der Waals surface area contributed by atoms with Crippen LogP contribution in [-0.2, 0) is 16.4 Å². The zero-order valence-corrected chi connectivity index (χ0v) is 17.7. The number of para-hydroxylation sites is 2. The first-order chi connectivity index (χ1) is 15.0. The number of methoxy groups -OCH3 is 1. The van der Waals surface area contributed by atoms with E-state index in [9.17, 15) is 8.42 Å². The molecule has 9 nitrogen and oxygen atoms in total. The quantitative estimate of drug-likeness (QED) is 0.462. The number of aromatic nitrogens is 2. The topological polar surface area (TPSA) is 120 Å². The van der Waals surface area contributed by atoms with Gasteiger partial charge in [-0.1, -0.05) is 42.5 Å². The Bertz CT molecular complexity index is 1090. The van der Waals surface area contributed by atoms with Gasteiger partial charge >= 0.3 is 0 Å². The highest BCUT2D eigenvalue weighted by molar-refractivity contribution is 7.92. The Kier molecular flexibility index (Phi) is 7.63. The monoisotopic (exact) mass is 445 g/mol. The number of aryl methyl sites for hydroxylation is 1. The molecule has 10 heteroatoms. The van der Waals surface area contributed by atoms with Gasteiger partial charge in [-0.25, -0.2) is 13.4 Å². The molecule has 0 amide bonds. The van der Waals surface area contributed by atoms with Crippen LogP contribution in [0.1, 0.15) is 5.56 Å². The lowest BCUT2D eigenvalue weighted by atomic mass is 10.2. The summed E-state index contributed by atoms with van der Waals surface area (Å²) in [5, 5.41) is 9.08. The SMILES string of the molecule is COc1ccccc1Oc1c(NS(=O)(=O)CCc2ccccc2)ncnc1OCCO. The molecule has 0 unspecified atom stereocenters. The number of aliphatic hydroxyl groups is 1. The van der Waals surface area contributed by atoms with Crippen LogP contribution >= 0.6 is 0 Å². The normalized spacial score (nSPS) is 11.0. The summed E-state index contributed by atoms with van der Waals surface area (Å²) in [7, 11) is -2.27. The average molecular weight is 445 g/mol. The van der Waals surface area contributed by atoms with Crippen molar-refractivity contribution in [1.29, 1.82) is 0 Å². The Hall–Kier alpha value is -3.37. The molecule has 2 aromatic carbocycles. The number of hydrogen-bond donors (Lipinski definition) is 2. The molecule has 31 heavy (non-hydrogen) atoms. The third-order valence-corrected chi connectivity index (χ3v) is 5.38. The summed E-state index contributed by atoms with van der Waals surface area (Å²) in [5.74, 6) is 0.458. The average Bonchev–Trinajstić information content (AvgIpc) is 2.79. The van der Waals surface area contributed by atoms with E-state index < -0.39 is 10.0 Å². The van der Waals surface area contributed by atoms with Crippen molar-refractivity contribution in [3.05, 3.63) is 66.5 Å². The van der Waals surface area contributed by atoms with Crippen molar-refractivity contribution in [2.24, 2.45) is 0 Å². The minimum Gasteiger partial charge on any atom is -0.493 e. The first-order valence-corrected chi connectivity index (χ1v) is 11.1. The zero-order valence-electron chi connectivity index (χ0n) is 16.9. The van der Waals surface area contributed by atoms with Crippen molar-refractivity contribution >= 4 is 15.8 Å². The van der Waals surface area contributed by atoms with Crippen LogP contribution in [-0.4, -0.2) is 49.6 Å². The molecule has 0 spiro atoms. The molecular formula is C21H23N3O6S. The van der Waals surface area contributed by atoms with E-state index in [0.717, 1.165) is 11.9 Å². The van der Waals surface area contributed by atoms with Crippen LogP contribution in [0.5, 0.6) is 23.1 Å². The van der Waals surface area contributed by atoms with Crippen LogP contribution in [0, 0.1) is 0 Å². The van der Waals surface area contributed by atoms with E-state index in [0.29, 0.717) is 17.9 Å². The molecule has 0 saturated heterocycles. The van der Waals surface area contributed by atoms with E-state index in [1.54, 1.807) is 24.3 Å². The van der Waals surface area contributed by atoms with Crippen molar-refractivity contribution in [1.82, 2.24) is 9.97 Å². The van der Waals surface area contributed by atoms with Crippen molar-refractivity contribution in [3.8, 4) is 23.1 Å². The molecule has 1 heterocycles. The molecule has 0 aliphatic rings. The second-order valence-electron chi connectivity index (χ2n) is 6.34. The lowest BCUT2D eigenvalue weighted by Gasteiger charge is -2.16. The Morgan fingerprint density at radius 2 is 1.71 bits per heavy atom. The molecule has 3 aromatic rings. The summed E-state index contributed by atoms with van der Waals surface area (Å²) >= 11 is 0. The molecule has 0 atom stereocenters. The van der Waals surface area contributed by atoms with Gasteiger partial charge in [-0.3, -0.25) is 4.72 Å². The first kappa shape index (κ1) is 22.3. The molecule has 2 N–H and O–H groups in total. The van der Waals surface area contributed by atoms with Gasteiger partial charge in [-0.15, -0.1) is 0 Å². The van der Waals surface area contributed by atoms with Crippen LogP contribution in [0.3, 0.4) is 0 Å². The van der Waals surface area contributed by atoms with Gasteiger partial charge in [-0.2, -0.15) is 4.98 Å². The highest BCUT2D eigenvalue weighted by Gasteiger charge is 2.21. The molecule has 0 aliphatic heterocycles. The van der Waals surface area contributed by atoms with Crippen LogP contribution < -0.4 is 18.9 Å². The van der Waals surface area contributed by atoms with Gasteiger partial charge < -0.3 is 19.3 Å². The molecule has 0 saturated carbocycles. The van der Waals surface area contributed by atoms with Crippen molar-refractivity contribution in [2.45, 2.75) is 6.42 Å². The van der Waals surface area contributed by atoms with Gasteiger partial charge in [0.25, 0.3) is 5.88 Å². The second kappa shape index (κ2) is 10.6. The summed E-state index contributed by atoms with van der Waals surface area (Å²) in [4.78, 5) is 8.04. The van der Waals surface area contributed by atoms with Crippen molar-refractivity contribution in [3.63, 3.8) is 0 Å². The minimum atomic E-state index is -3.76. The summed E-state index contributed by atoms with van der Waals surface area (Å²) < 4.78 is 44.4. The van der Waals surface area contributed by atoms with Gasteiger partial charge in [0.1, 0.15) is 12.9 Å². The fourth-order valence-electron chi connectivity index (χ4n) is 2.68. The van der Waals surface area contributed by atoms with E-state index in [1.165, 1.54) is 7.11 Å². The number of nitrogens with one attached hydrogen (secondary N) is 1. The summed E-state index contributed by atoms with van der Waals surface area (Å²) in [6.07, 6.45) is 1.48. The fraction of sp³-hybridized carbons (Fsp3) is 0.238. The van der Waals surface area contributed by atoms with Crippen LogP contribution in [0.15, 0.2) is 60.9 Å². The van der Waals surface area contributed by atoms with E-state index in [4.69, 9.17) is 19.3 Å². The maximum absolute atomic E-state index is 12.7. The van der Waals surface area contributed by atoms with Gasteiger partial charge in [-0.05, 0) is 24.1 Å². The molecule has 0 bridgehead atoms. The second-order valence-corrected chi connectivity index (χ2v) is 8.18. The molecule has 0 aliphatic carbocycles. The highest BCUT2D eigenvalue weighted by atomic mass is 32.2. The van der Waals surface area contributed by atoms with Crippen molar-refractivity contribution in [2.75, 3.05) is 30.8 Å². The van der Waals surface area contributed by atoms with E-state index in [2.05, 4.69) is 14.7 Å². The number of benzene rings is 2. The molecule has 1 aromatic heterocycles. The molecular weight excluding hydrogens is 422 g/mol. The number of hydrogen-bond acceptors (Lipinski definition) is 8. The number of nitrogens with zero attached hydrogens (tertiary/aromatic N) is 2. The van der Waals surface area contributed by atoms with Gasteiger partial charge in [0.15, 0.2) is 17.3 Å². The largest absolute Gasteiger partial charge is 0.493 e. The molecule has 0 fully saturated rings. The number of rotatable bonds is 11. The van der Waals surface area contributed by atoms with Gasteiger partial charge in [0.05, 0.1) is 19.5 Å². The first-order valence-electron chi connectivity index (χ1n) is 9.46. The van der Waals surface area contributed by atoms with Crippen molar-refractivity contribution < 1.29 is 27.7 Å². The Balaban J connectivity index is 1.88. The van der Waals surface area contributed by atoms with Crippen LogP contribution in [0.25, 0.3) is 0 Å². The van der Waals surface area contributed by atoms with Gasteiger partial charge in [0.2, 0.25) is 15.8 Å². The fourth-order valence-corrected chi connectivity index (χ4v) is 3.72. The predicted molar refractivity (Wildman–Crippen MR) is 115 cm³/mol. The van der Waals surface area contributed by atoms with E-state index in [1.807, 2.05) is 30.3 Å². The van der Waals surface area contributed by atoms with Gasteiger partial charge in [0, 0.05) is 0 Å². The Morgan fingerprint density at radius 1 is 1.00 bits per heavy atom. The minimum absolute atomic E-state index is 0.0179. The maximum Gasteiger partial charge on any atom is 0.263 e. The van der Waals surface area contributed by atoms with E-state index >= 15 is 0 Å². The Labute approximate surface area is 180 Å². The number of aliphatic hydroxyl groups excluding tert-OH is 1. The number of anilines is 1. The standard InChI is InChI=1S/C21H23N3O6S/c1-28-17-9-5-6-10-18(17)30-19-20(22-15-23-21(19)29-13-12-25)24-31(26,27)14-11-16-7-3-2-4-8-16/h2-10,15,25H,11-14H2,1H3,(H,22,23,24). The lowest BCUT2D eigenvalue weighted by Crippen LogP contribution is -2.20. The molecule has 164 valence electrons. The number of sulfonamides is 1. The highest BCUT2D eigenvalue weighted by Crippen LogP contribution is 2.39. The third kappa shape index (κ3) is 6.30. The number of ether oxygens (including phenoxy) is 3.